The van der Waals surface area contributed by atoms with Gasteiger partial charge < -0.3 is 5.11 Å². The topological polar surface area (TPSA) is 41.2 Å². The van der Waals surface area contributed by atoms with E-state index in [0.717, 1.165) is 12.1 Å². The molecule has 0 spiro atoms. The predicted molar refractivity (Wildman–Crippen MR) is 65.7 cm³/mol. The van der Waals surface area contributed by atoms with Crippen LogP contribution in [0.2, 0.25) is 0 Å². The lowest BCUT2D eigenvalue weighted by Gasteiger charge is -2.03. The molecule has 3 nitrogen and oxygen atoms in total. The third-order valence-corrected chi connectivity index (χ3v) is 2.93. The van der Waals surface area contributed by atoms with Crippen LogP contribution in [0.3, 0.4) is 0 Å². The standard InChI is InChI=1S/C14H15NO2/c1-11-8-10-15(9-4-7-14(16)17)13-6-3-2-5-12(11)13/h2-3,5-6,8,10H,4,7,9H2,1H3/p+1. The Hall–Kier alpha value is -1.90. The van der Waals surface area contributed by atoms with E-state index in [1.54, 1.807) is 0 Å². The van der Waals surface area contributed by atoms with Crippen LogP contribution in [0.15, 0.2) is 36.5 Å². The van der Waals surface area contributed by atoms with E-state index >= 15 is 0 Å². The van der Waals surface area contributed by atoms with Gasteiger partial charge in [0.25, 0.3) is 0 Å². The smallest absolute Gasteiger partial charge is 0.303 e. The lowest BCUT2D eigenvalue weighted by atomic mass is 10.1. The van der Waals surface area contributed by atoms with Crippen molar-refractivity contribution < 1.29 is 14.5 Å². The lowest BCUT2D eigenvalue weighted by molar-refractivity contribution is -0.671. The summed E-state index contributed by atoms with van der Waals surface area (Å²) < 4.78 is 2.12. The molecular weight excluding hydrogens is 214 g/mol. The summed E-state index contributed by atoms with van der Waals surface area (Å²) in [4.78, 5) is 10.5. The Labute approximate surface area is 100 Å². The van der Waals surface area contributed by atoms with Gasteiger partial charge in [-0.15, -0.1) is 0 Å². The number of hydrogen-bond donors (Lipinski definition) is 1. The van der Waals surface area contributed by atoms with Crippen LogP contribution >= 0.6 is 0 Å². The fourth-order valence-electron chi connectivity index (χ4n) is 2.03. The fraction of sp³-hybridized carbons (Fsp3) is 0.286. The second-order valence-electron chi connectivity index (χ2n) is 4.21. The fourth-order valence-corrected chi connectivity index (χ4v) is 2.03. The normalized spacial score (nSPS) is 10.6. The maximum atomic E-state index is 10.5. The Morgan fingerprint density at radius 1 is 1.29 bits per heavy atom. The average molecular weight is 230 g/mol. The quantitative estimate of drug-likeness (QED) is 0.819. The number of aromatic nitrogens is 1. The maximum Gasteiger partial charge on any atom is 0.303 e. The molecule has 0 amide bonds. The van der Waals surface area contributed by atoms with Gasteiger partial charge in [-0.05, 0) is 18.6 Å². The number of benzene rings is 1. The van der Waals surface area contributed by atoms with Crippen LogP contribution in [0.25, 0.3) is 10.9 Å². The van der Waals surface area contributed by atoms with E-state index in [1.165, 1.54) is 10.9 Å². The van der Waals surface area contributed by atoms with Crippen molar-refractivity contribution in [2.24, 2.45) is 0 Å². The third kappa shape index (κ3) is 2.61. The Kier molecular flexibility index (Phi) is 3.38. The van der Waals surface area contributed by atoms with Gasteiger partial charge in [0.05, 0.1) is 6.42 Å². The number of carbonyl (C=O) groups is 1. The van der Waals surface area contributed by atoms with Crippen molar-refractivity contribution in [2.45, 2.75) is 26.3 Å². The number of rotatable bonds is 4. The van der Waals surface area contributed by atoms with Crippen molar-refractivity contribution in [2.75, 3.05) is 0 Å². The van der Waals surface area contributed by atoms with Gasteiger partial charge in [-0.2, -0.15) is 4.57 Å². The number of carboxylic acids is 1. The van der Waals surface area contributed by atoms with Crippen LogP contribution in [0.5, 0.6) is 0 Å². The molecule has 88 valence electrons. The van der Waals surface area contributed by atoms with Crippen LogP contribution in [-0.2, 0) is 11.3 Å². The second-order valence-corrected chi connectivity index (χ2v) is 4.21. The Morgan fingerprint density at radius 2 is 2.06 bits per heavy atom. The van der Waals surface area contributed by atoms with Gasteiger partial charge in [-0.1, -0.05) is 12.1 Å². The molecule has 0 fully saturated rings. The zero-order chi connectivity index (χ0) is 12.3. The molecule has 0 saturated carbocycles. The molecule has 2 aromatic rings. The van der Waals surface area contributed by atoms with E-state index in [0.29, 0.717) is 6.42 Å². The summed E-state index contributed by atoms with van der Waals surface area (Å²) >= 11 is 0. The Morgan fingerprint density at radius 3 is 2.82 bits per heavy atom. The van der Waals surface area contributed by atoms with Gasteiger partial charge in [0, 0.05) is 23.9 Å². The SMILES string of the molecule is Cc1cc[n+](CCCC(=O)O)c2ccccc12. The minimum Gasteiger partial charge on any atom is -0.481 e. The molecule has 1 heterocycles. The second kappa shape index (κ2) is 4.95. The number of pyridine rings is 1. The van der Waals surface area contributed by atoms with Gasteiger partial charge in [0.1, 0.15) is 6.54 Å². The highest BCUT2D eigenvalue weighted by atomic mass is 16.4. The summed E-state index contributed by atoms with van der Waals surface area (Å²) in [6.07, 6.45) is 2.90. The molecule has 0 bridgehead atoms. The number of para-hydroxylation sites is 1. The van der Waals surface area contributed by atoms with Crippen LogP contribution in [0.4, 0.5) is 0 Å². The van der Waals surface area contributed by atoms with Crippen LogP contribution < -0.4 is 4.57 Å². The number of nitrogens with zero attached hydrogens (tertiary/aromatic N) is 1. The highest BCUT2D eigenvalue weighted by Crippen LogP contribution is 2.13. The first-order chi connectivity index (χ1) is 8.18. The first-order valence-electron chi connectivity index (χ1n) is 5.78. The first kappa shape index (κ1) is 11.6. The average Bonchev–Trinajstić information content (AvgIpc) is 2.32. The summed E-state index contributed by atoms with van der Waals surface area (Å²) in [6.45, 7) is 2.83. The van der Waals surface area contributed by atoms with Crippen molar-refractivity contribution in [3.63, 3.8) is 0 Å². The zero-order valence-corrected chi connectivity index (χ0v) is 9.89. The van der Waals surface area contributed by atoms with Crippen molar-refractivity contribution in [3.8, 4) is 0 Å². The molecule has 1 N–H and O–H groups in total. The van der Waals surface area contributed by atoms with Crippen LogP contribution in [0, 0.1) is 6.92 Å². The first-order valence-corrected chi connectivity index (χ1v) is 5.78. The van der Waals surface area contributed by atoms with Crippen LogP contribution in [-0.4, -0.2) is 11.1 Å². The van der Waals surface area contributed by atoms with Crippen molar-refractivity contribution in [1.29, 1.82) is 0 Å². The molecule has 3 heteroatoms. The molecule has 1 aromatic carbocycles. The summed E-state index contributed by atoms with van der Waals surface area (Å²) in [5.41, 5.74) is 2.41. The molecule has 0 aliphatic heterocycles. The highest BCUT2D eigenvalue weighted by molar-refractivity contribution is 5.78. The van der Waals surface area contributed by atoms with Gasteiger partial charge in [-0.25, -0.2) is 0 Å². The molecule has 1 aromatic heterocycles. The summed E-state index contributed by atoms with van der Waals surface area (Å²) in [5, 5.41) is 9.87. The maximum absolute atomic E-state index is 10.5. The largest absolute Gasteiger partial charge is 0.481 e. The van der Waals surface area contributed by atoms with E-state index in [9.17, 15) is 4.79 Å². The van der Waals surface area contributed by atoms with Crippen molar-refractivity contribution in [3.05, 3.63) is 42.1 Å². The third-order valence-electron chi connectivity index (χ3n) is 2.93. The zero-order valence-electron chi connectivity index (χ0n) is 9.89. The molecule has 0 radical (unpaired) electrons. The molecule has 17 heavy (non-hydrogen) atoms. The molecule has 0 aliphatic rings. The number of hydrogen-bond acceptors (Lipinski definition) is 1. The van der Waals surface area contributed by atoms with Gasteiger partial charge in [0.15, 0.2) is 6.20 Å². The minimum atomic E-state index is -0.734. The molecular formula is C14H16NO2+. The van der Waals surface area contributed by atoms with Gasteiger partial charge in [0.2, 0.25) is 5.52 Å². The van der Waals surface area contributed by atoms with Gasteiger partial charge >= 0.3 is 5.97 Å². The number of fused-ring (bicyclic) bond motifs is 1. The van der Waals surface area contributed by atoms with Crippen molar-refractivity contribution >= 4 is 16.9 Å². The monoisotopic (exact) mass is 230 g/mol. The number of carboxylic acid groups (broad SMARTS) is 1. The highest BCUT2D eigenvalue weighted by Gasteiger charge is 2.10. The Bertz CT molecular complexity index is 549. The minimum absolute atomic E-state index is 0.217. The molecule has 0 unspecified atom stereocenters. The van der Waals surface area contributed by atoms with Gasteiger partial charge in [-0.3, -0.25) is 4.79 Å². The molecule has 0 atom stereocenters. The predicted octanol–water partition coefficient (Wildman–Crippen LogP) is 2.30. The lowest BCUT2D eigenvalue weighted by Crippen LogP contribution is -2.34. The Balaban J connectivity index is 2.28. The van der Waals surface area contributed by atoms with E-state index in [2.05, 4.69) is 29.7 Å². The van der Waals surface area contributed by atoms with E-state index in [1.807, 2.05) is 18.3 Å². The molecule has 0 saturated heterocycles. The van der Waals surface area contributed by atoms with Crippen LogP contribution in [0.1, 0.15) is 18.4 Å². The van der Waals surface area contributed by atoms with E-state index in [4.69, 9.17) is 5.11 Å². The summed E-state index contributed by atoms with van der Waals surface area (Å²) in [5.74, 6) is -0.734. The summed E-state index contributed by atoms with van der Waals surface area (Å²) in [6, 6.07) is 10.3. The molecule has 0 aliphatic carbocycles. The van der Waals surface area contributed by atoms with Crippen molar-refractivity contribution in [1.82, 2.24) is 0 Å². The van der Waals surface area contributed by atoms with E-state index in [-0.39, 0.29) is 6.42 Å². The number of aryl methyl sites for hydroxylation is 2. The summed E-state index contributed by atoms with van der Waals surface area (Å²) in [7, 11) is 0. The number of aliphatic carboxylic acids is 1. The van der Waals surface area contributed by atoms with E-state index < -0.39 is 5.97 Å². The molecule has 2 rings (SSSR count).